The number of ether oxygens (including phenoxy) is 1. The van der Waals surface area contributed by atoms with Gasteiger partial charge in [-0.15, -0.1) is 5.10 Å². The first-order valence-corrected chi connectivity index (χ1v) is 9.41. The highest BCUT2D eigenvalue weighted by Gasteiger charge is 2.30. The predicted octanol–water partition coefficient (Wildman–Crippen LogP) is 2.91. The summed E-state index contributed by atoms with van der Waals surface area (Å²) in [6, 6.07) is 9.61. The van der Waals surface area contributed by atoms with E-state index in [1.165, 1.54) is 6.26 Å². The van der Waals surface area contributed by atoms with E-state index < -0.39 is 0 Å². The highest BCUT2D eigenvalue weighted by atomic mass is 16.5. The largest absolute Gasteiger partial charge is 0.469 e. The zero-order valence-corrected chi connectivity index (χ0v) is 15.9. The van der Waals surface area contributed by atoms with Crippen LogP contribution in [0.3, 0.4) is 0 Å². The Morgan fingerprint density at radius 1 is 1.14 bits per heavy atom. The number of furan rings is 1. The van der Waals surface area contributed by atoms with Crippen molar-refractivity contribution in [3.05, 3.63) is 72.2 Å². The van der Waals surface area contributed by atoms with E-state index in [0.717, 1.165) is 22.3 Å². The summed E-state index contributed by atoms with van der Waals surface area (Å²) >= 11 is 0. The lowest BCUT2D eigenvalue weighted by molar-refractivity contribution is -0.0241. The van der Waals surface area contributed by atoms with Crippen molar-refractivity contribution in [1.29, 1.82) is 0 Å². The molecule has 0 saturated carbocycles. The van der Waals surface area contributed by atoms with E-state index in [1.54, 1.807) is 34.8 Å². The van der Waals surface area contributed by atoms with Gasteiger partial charge in [-0.1, -0.05) is 11.3 Å². The molecule has 0 spiro atoms. The number of amides is 1. The molecule has 1 amide bonds. The van der Waals surface area contributed by atoms with Crippen molar-refractivity contribution < 1.29 is 13.9 Å². The van der Waals surface area contributed by atoms with Crippen LogP contribution in [0.5, 0.6) is 0 Å². The minimum Gasteiger partial charge on any atom is -0.469 e. The standard InChI is InChI=1S/C21H19N5O3/c1-14-17(6-10-28-14)21(27)25-9-11-29-19(13-25)20-18-3-2-16(12-26(18)24-23-20)15-4-7-22-8-5-15/h2-8,10,12,19H,9,11,13H2,1H3/t19-/m0/s1. The SMILES string of the molecule is Cc1occc1C(=O)N1CCO[C@H](c2nnn3cc(-c4ccncc4)ccc23)C1. The van der Waals surface area contributed by atoms with E-state index in [9.17, 15) is 4.79 Å². The Labute approximate surface area is 166 Å². The number of hydrogen-bond donors (Lipinski definition) is 0. The molecule has 1 aliphatic rings. The van der Waals surface area contributed by atoms with Gasteiger partial charge in [-0.3, -0.25) is 9.78 Å². The summed E-state index contributed by atoms with van der Waals surface area (Å²) in [6.07, 6.45) is 6.66. The van der Waals surface area contributed by atoms with Gasteiger partial charge in [-0.05, 0) is 36.8 Å². The molecule has 4 aromatic heterocycles. The van der Waals surface area contributed by atoms with Crippen molar-refractivity contribution in [1.82, 2.24) is 24.7 Å². The zero-order valence-electron chi connectivity index (χ0n) is 15.9. The molecule has 146 valence electrons. The molecule has 8 heteroatoms. The first-order valence-electron chi connectivity index (χ1n) is 9.41. The number of morpholine rings is 1. The summed E-state index contributed by atoms with van der Waals surface area (Å²) in [5, 5.41) is 8.61. The first kappa shape index (κ1) is 17.6. The van der Waals surface area contributed by atoms with Crippen LogP contribution in [0, 0.1) is 6.92 Å². The number of pyridine rings is 2. The number of aryl methyl sites for hydroxylation is 1. The maximum Gasteiger partial charge on any atom is 0.257 e. The second-order valence-corrected chi connectivity index (χ2v) is 6.96. The van der Waals surface area contributed by atoms with Crippen molar-refractivity contribution >= 4 is 11.4 Å². The van der Waals surface area contributed by atoms with Gasteiger partial charge < -0.3 is 14.1 Å². The second kappa shape index (κ2) is 7.14. The quantitative estimate of drug-likeness (QED) is 0.536. The summed E-state index contributed by atoms with van der Waals surface area (Å²) in [7, 11) is 0. The van der Waals surface area contributed by atoms with Crippen LogP contribution in [0.1, 0.15) is 27.9 Å². The minimum atomic E-state index is -0.329. The topological polar surface area (TPSA) is 85.8 Å². The van der Waals surface area contributed by atoms with Crippen molar-refractivity contribution in [3.63, 3.8) is 0 Å². The number of fused-ring (bicyclic) bond motifs is 1. The highest BCUT2D eigenvalue weighted by molar-refractivity contribution is 5.95. The lowest BCUT2D eigenvalue weighted by atomic mass is 10.1. The Kier molecular flexibility index (Phi) is 4.33. The molecule has 0 radical (unpaired) electrons. The molecule has 8 nitrogen and oxygen atoms in total. The molecule has 4 aromatic rings. The highest BCUT2D eigenvalue weighted by Crippen LogP contribution is 2.27. The van der Waals surface area contributed by atoms with Gasteiger partial charge in [0.1, 0.15) is 17.6 Å². The van der Waals surface area contributed by atoms with E-state index in [-0.39, 0.29) is 12.0 Å². The van der Waals surface area contributed by atoms with E-state index in [0.29, 0.717) is 31.0 Å². The van der Waals surface area contributed by atoms with Crippen LogP contribution >= 0.6 is 0 Å². The van der Waals surface area contributed by atoms with E-state index in [4.69, 9.17) is 9.15 Å². The van der Waals surface area contributed by atoms with Crippen LogP contribution in [-0.2, 0) is 4.74 Å². The Morgan fingerprint density at radius 3 is 2.79 bits per heavy atom. The maximum absolute atomic E-state index is 12.8. The zero-order chi connectivity index (χ0) is 19.8. The Bertz CT molecular complexity index is 1170. The molecular weight excluding hydrogens is 370 g/mol. The number of nitrogens with zero attached hydrogens (tertiary/aromatic N) is 5. The summed E-state index contributed by atoms with van der Waals surface area (Å²) < 4.78 is 12.9. The molecule has 0 bridgehead atoms. The lowest BCUT2D eigenvalue weighted by Gasteiger charge is -2.32. The summed E-state index contributed by atoms with van der Waals surface area (Å²) in [5.74, 6) is 0.566. The van der Waals surface area contributed by atoms with Crippen molar-refractivity contribution in [2.75, 3.05) is 19.7 Å². The monoisotopic (exact) mass is 389 g/mol. The molecule has 0 aliphatic carbocycles. The molecule has 1 aliphatic heterocycles. The molecule has 1 saturated heterocycles. The third kappa shape index (κ3) is 3.17. The van der Waals surface area contributed by atoms with E-state index >= 15 is 0 Å². The fourth-order valence-corrected chi connectivity index (χ4v) is 3.63. The molecule has 1 atom stereocenters. The summed E-state index contributed by atoms with van der Waals surface area (Å²) in [4.78, 5) is 18.7. The number of rotatable bonds is 3. The van der Waals surface area contributed by atoms with Gasteiger partial charge in [0.2, 0.25) is 0 Å². The fourth-order valence-electron chi connectivity index (χ4n) is 3.63. The van der Waals surface area contributed by atoms with Gasteiger partial charge >= 0.3 is 0 Å². The Balaban J connectivity index is 1.42. The molecule has 0 unspecified atom stereocenters. The molecular formula is C21H19N5O3. The minimum absolute atomic E-state index is 0.0546. The molecule has 5 heterocycles. The van der Waals surface area contributed by atoms with Crippen molar-refractivity contribution in [2.45, 2.75) is 13.0 Å². The van der Waals surface area contributed by atoms with Gasteiger partial charge in [0, 0.05) is 30.7 Å². The van der Waals surface area contributed by atoms with Crippen molar-refractivity contribution in [3.8, 4) is 11.1 Å². The van der Waals surface area contributed by atoms with E-state index in [1.807, 2.05) is 30.5 Å². The summed E-state index contributed by atoms with van der Waals surface area (Å²) in [6.45, 7) is 3.19. The van der Waals surface area contributed by atoms with Gasteiger partial charge in [-0.2, -0.15) is 0 Å². The van der Waals surface area contributed by atoms with Crippen LogP contribution in [0.15, 0.2) is 59.6 Å². The fraction of sp³-hybridized carbons (Fsp3) is 0.238. The maximum atomic E-state index is 12.8. The molecule has 29 heavy (non-hydrogen) atoms. The van der Waals surface area contributed by atoms with Crippen LogP contribution in [0.2, 0.25) is 0 Å². The first-order chi connectivity index (χ1) is 14.2. The van der Waals surface area contributed by atoms with Crippen LogP contribution in [0.25, 0.3) is 16.6 Å². The van der Waals surface area contributed by atoms with Crippen LogP contribution in [0.4, 0.5) is 0 Å². The molecule has 0 aromatic carbocycles. The normalized spacial score (nSPS) is 17.0. The van der Waals surface area contributed by atoms with Crippen molar-refractivity contribution in [2.24, 2.45) is 0 Å². The number of carbonyl (C=O) groups excluding carboxylic acids is 1. The molecule has 0 N–H and O–H groups in total. The molecule has 5 rings (SSSR count). The predicted molar refractivity (Wildman–Crippen MR) is 104 cm³/mol. The summed E-state index contributed by atoms with van der Waals surface area (Å²) in [5.41, 5.74) is 4.25. The van der Waals surface area contributed by atoms with Crippen LogP contribution in [-0.4, -0.2) is 50.3 Å². The number of carbonyl (C=O) groups is 1. The van der Waals surface area contributed by atoms with Crippen LogP contribution < -0.4 is 0 Å². The number of aromatic nitrogens is 4. The van der Waals surface area contributed by atoms with Gasteiger partial charge in [-0.25, -0.2) is 4.52 Å². The lowest BCUT2D eigenvalue weighted by Crippen LogP contribution is -2.42. The Hall–Kier alpha value is -3.52. The Morgan fingerprint density at radius 2 is 2.00 bits per heavy atom. The van der Waals surface area contributed by atoms with Gasteiger partial charge in [0.15, 0.2) is 0 Å². The second-order valence-electron chi connectivity index (χ2n) is 6.96. The average Bonchev–Trinajstić information content (AvgIpc) is 3.39. The van der Waals surface area contributed by atoms with Gasteiger partial charge in [0.25, 0.3) is 5.91 Å². The van der Waals surface area contributed by atoms with Gasteiger partial charge in [0.05, 0.1) is 30.5 Å². The molecule has 1 fully saturated rings. The third-order valence-electron chi connectivity index (χ3n) is 5.20. The third-order valence-corrected chi connectivity index (χ3v) is 5.20. The number of hydrogen-bond acceptors (Lipinski definition) is 6. The average molecular weight is 389 g/mol. The smallest absolute Gasteiger partial charge is 0.257 e. The van der Waals surface area contributed by atoms with E-state index in [2.05, 4.69) is 15.3 Å².